The molecule has 0 bridgehead atoms. The van der Waals surface area contributed by atoms with Crippen LogP contribution in [0, 0.1) is 13.8 Å². The molecule has 10 heteroatoms. The average molecular weight is 756 g/mol. The first-order valence-electron chi connectivity index (χ1n) is 18.2. The van der Waals surface area contributed by atoms with E-state index in [1.165, 1.54) is 11.3 Å². The van der Waals surface area contributed by atoms with Gasteiger partial charge < -0.3 is 4.90 Å². The van der Waals surface area contributed by atoms with Crippen molar-refractivity contribution in [2.45, 2.75) is 63.5 Å². The van der Waals surface area contributed by atoms with Crippen LogP contribution in [0.2, 0.25) is 0 Å². The minimum absolute atomic E-state index is 0.00585. The highest BCUT2D eigenvalue weighted by molar-refractivity contribution is 8.00. The number of nitrogens with zero attached hydrogens (tertiary/aromatic N) is 3. The summed E-state index contributed by atoms with van der Waals surface area (Å²) in [6.45, 7) is 11.5. The number of benzene rings is 4. The fraction of sp³-hybridized carbons (Fsp3) is 0.395. The summed E-state index contributed by atoms with van der Waals surface area (Å²) in [5.41, 5.74) is 5.35. The Morgan fingerprint density at radius 2 is 1.42 bits per heavy atom. The van der Waals surface area contributed by atoms with Crippen molar-refractivity contribution >= 4 is 33.9 Å². The number of aryl methyl sites for hydroxylation is 1. The second-order valence-electron chi connectivity index (χ2n) is 15.0. The molecule has 2 amide bonds. The van der Waals surface area contributed by atoms with Gasteiger partial charge in [-0.3, -0.25) is 19.3 Å². The lowest BCUT2D eigenvalue weighted by molar-refractivity contribution is -0.231. The van der Waals surface area contributed by atoms with Crippen molar-refractivity contribution < 1.29 is 22.8 Å². The second-order valence-corrected chi connectivity index (χ2v) is 18.5. The molecule has 5 rings (SSSR count). The molecule has 1 heterocycles. The quantitative estimate of drug-likeness (QED) is 0.0724. The Kier molecular flexibility index (Phi) is 13.2. The summed E-state index contributed by atoms with van der Waals surface area (Å²) >= 11 is 1.75. The van der Waals surface area contributed by atoms with Crippen molar-refractivity contribution in [1.82, 2.24) is 14.9 Å². The highest BCUT2D eigenvalue weighted by atomic mass is 32.2. The van der Waals surface area contributed by atoms with Crippen molar-refractivity contribution in [3.63, 3.8) is 0 Å². The highest BCUT2D eigenvalue weighted by Gasteiger charge is 2.40. The number of rotatable bonds is 15. The lowest BCUT2D eigenvalue weighted by atomic mass is 9.84. The van der Waals surface area contributed by atoms with Crippen LogP contribution in [0.15, 0.2) is 109 Å². The molecule has 8 nitrogen and oxygen atoms in total. The number of hydrogen-bond donors (Lipinski definition) is 0. The Morgan fingerprint density at radius 3 is 1.91 bits per heavy atom. The van der Waals surface area contributed by atoms with Gasteiger partial charge in [0.25, 0.3) is 5.91 Å². The van der Waals surface area contributed by atoms with Gasteiger partial charge in [-0.2, -0.15) is 0 Å². The average Bonchev–Trinajstić information content (AvgIpc) is 3.14. The Balaban J connectivity index is 1.52. The van der Waals surface area contributed by atoms with E-state index < -0.39 is 26.2 Å². The standard InChI is InChI=1S/C43H53N3O5S2/c1-33-17-16-24-40(34(33)2)41(48)45-27-26-44(38(29-45)25-28-53(6,49)50)30-39(46(32-47)51-42(3,4)5)31-52-43(35-18-10-7-11-19-35,36-20-12-8-13-21-36)37-22-14-9-15-23-37/h7-24,32,38-39H,25-31H2,1-6H3/t38-,39+/m0/s1. The third-order valence-electron chi connectivity index (χ3n) is 9.87. The van der Waals surface area contributed by atoms with Crippen LogP contribution in [0.3, 0.4) is 0 Å². The molecule has 0 spiro atoms. The highest BCUT2D eigenvalue weighted by Crippen LogP contribution is 2.49. The molecule has 2 atom stereocenters. The monoisotopic (exact) mass is 755 g/mol. The molecule has 0 saturated carbocycles. The normalized spacial score (nSPS) is 16.3. The van der Waals surface area contributed by atoms with Gasteiger partial charge in [0.05, 0.1) is 22.1 Å². The third-order valence-corrected chi connectivity index (χ3v) is 12.5. The van der Waals surface area contributed by atoms with Crippen molar-refractivity contribution in [2.24, 2.45) is 0 Å². The molecule has 1 saturated heterocycles. The van der Waals surface area contributed by atoms with Gasteiger partial charge in [0.1, 0.15) is 9.84 Å². The first-order chi connectivity index (χ1) is 25.2. The van der Waals surface area contributed by atoms with E-state index in [9.17, 15) is 18.0 Å². The Morgan fingerprint density at radius 1 is 0.868 bits per heavy atom. The topological polar surface area (TPSA) is 87.2 Å². The Labute approximate surface area is 320 Å². The van der Waals surface area contributed by atoms with Crippen LogP contribution >= 0.6 is 11.8 Å². The molecule has 53 heavy (non-hydrogen) atoms. The molecule has 282 valence electrons. The number of piperazine rings is 1. The van der Waals surface area contributed by atoms with Crippen LogP contribution in [0.4, 0.5) is 0 Å². The molecular weight excluding hydrogens is 703 g/mol. The van der Waals surface area contributed by atoms with E-state index in [4.69, 9.17) is 4.84 Å². The number of hydroxylamine groups is 2. The maximum Gasteiger partial charge on any atom is 0.254 e. The van der Waals surface area contributed by atoms with Crippen LogP contribution in [-0.2, 0) is 24.2 Å². The van der Waals surface area contributed by atoms with E-state index in [-0.39, 0.29) is 17.7 Å². The summed E-state index contributed by atoms with van der Waals surface area (Å²) in [7, 11) is -3.27. The molecule has 1 fully saturated rings. The van der Waals surface area contributed by atoms with Crippen LogP contribution in [0.1, 0.15) is 65.4 Å². The van der Waals surface area contributed by atoms with Crippen LogP contribution < -0.4 is 0 Å². The molecule has 0 aromatic heterocycles. The van der Waals surface area contributed by atoms with Crippen molar-refractivity contribution in [2.75, 3.05) is 43.9 Å². The van der Waals surface area contributed by atoms with Gasteiger partial charge in [-0.1, -0.05) is 103 Å². The fourth-order valence-electron chi connectivity index (χ4n) is 7.06. The van der Waals surface area contributed by atoms with Crippen LogP contribution in [0.25, 0.3) is 0 Å². The lowest BCUT2D eigenvalue weighted by Gasteiger charge is -2.45. The van der Waals surface area contributed by atoms with Gasteiger partial charge in [-0.05, 0) is 74.9 Å². The van der Waals surface area contributed by atoms with E-state index in [1.807, 2.05) is 75.9 Å². The minimum atomic E-state index is -3.27. The van der Waals surface area contributed by atoms with Crippen LogP contribution in [-0.4, -0.2) is 97.2 Å². The Hall–Kier alpha value is -3.96. The van der Waals surface area contributed by atoms with E-state index in [1.54, 1.807) is 11.8 Å². The van der Waals surface area contributed by atoms with Crippen LogP contribution in [0.5, 0.6) is 0 Å². The fourth-order valence-corrected chi connectivity index (χ4v) is 9.36. The molecule has 4 aromatic rings. The molecule has 1 aliphatic rings. The molecule has 0 aliphatic carbocycles. The summed E-state index contributed by atoms with van der Waals surface area (Å²) < 4.78 is 24.3. The first-order valence-corrected chi connectivity index (χ1v) is 21.3. The predicted molar refractivity (Wildman–Crippen MR) is 216 cm³/mol. The summed E-state index contributed by atoms with van der Waals surface area (Å²) in [6.07, 6.45) is 2.37. The van der Waals surface area contributed by atoms with Crippen molar-refractivity contribution in [1.29, 1.82) is 0 Å². The van der Waals surface area contributed by atoms with E-state index >= 15 is 0 Å². The maximum atomic E-state index is 13.9. The second kappa shape index (κ2) is 17.5. The summed E-state index contributed by atoms with van der Waals surface area (Å²) in [5.74, 6) is 0.438. The molecule has 1 aliphatic heterocycles. The summed E-state index contributed by atoms with van der Waals surface area (Å²) in [6, 6.07) is 36.4. The lowest BCUT2D eigenvalue weighted by Crippen LogP contribution is -2.59. The smallest absolute Gasteiger partial charge is 0.254 e. The number of sulfone groups is 1. The molecule has 4 aromatic carbocycles. The minimum Gasteiger partial charge on any atom is -0.336 e. The van der Waals surface area contributed by atoms with Gasteiger partial charge >= 0.3 is 0 Å². The van der Waals surface area contributed by atoms with Gasteiger partial charge in [-0.25, -0.2) is 13.5 Å². The molecular formula is C43H53N3O5S2. The van der Waals surface area contributed by atoms with Gasteiger partial charge in [0, 0.05) is 49.8 Å². The molecule has 0 unspecified atom stereocenters. The third kappa shape index (κ3) is 10.2. The SMILES string of the molecule is Cc1cccc(C(=O)N2CCN(C[C@H](CSC(c3ccccc3)(c3ccccc3)c3ccccc3)N(C=O)OC(C)(C)C)[C@@H](CCS(C)(=O)=O)C2)c1C. The number of carbonyl (C=O) groups excluding carboxylic acids is 2. The van der Waals surface area contributed by atoms with E-state index in [0.29, 0.717) is 43.9 Å². The number of carbonyl (C=O) groups is 2. The zero-order valence-corrected chi connectivity index (χ0v) is 33.4. The van der Waals surface area contributed by atoms with Crippen molar-refractivity contribution in [3.05, 3.63) is 143 Å². The number of thioether (sulfide) groups is 1. The van der Waals surface area contributed by atoms with Crippen molar-refractivity contribution in [3.8, 4) is 0 Å². The first kappa shape index (κ1) is 40.2. The van der Waals surface area contributed by atoms with E-state index in [0.717, 1.165) is 34.2 Å². The summed E-state index contributed by atoms with van der Waals surface area (Å²) in [5, 5.41) is 1.44. The molecule has 0 radical (unpaired) electrons. The van der Waals surface area contributed by atoms with Gasteiger partial charge in [-0.15, -0.1) is 11.8 Å². The van der Waals surface area contributed by atoms with Gasteiger partial charge in [0.15, 0.2) is 0 Å². The largest absolute Gasteiger partial charge is 0.336 e. The summed E-state index contributed by atoms with van der Waals surface area (Å²) in [4.78, 5) is 37.3. The van der Waals surface area contributed by atoms with Gasteiger partial charge in [0.2, 0.25) is 6.41 Å². The zero-order chi connectivity index (χ0) is 38.2. The predicted octanol–water partition coefficient (Wildman–Crippen LogP) is 7.15. The maximum absolute atomic E-state index is 13.9. The molecule has 0 N–H and O–H groups in total. The number of amides is 2. The van der Waals surface area contributed by atoms with E-state index in [2.05, 4.69) is 77.7 Å². The number of hydrogen-bond acceptors (Lipinski definition) is 7. The zero-order valence-electron chi connectivity index (χ0n) is 31.8. The Bertz CT molecular complexity index is 1820.